The van der Waals surface area contributed by atoms with Gasteiger partial charge < -0.3 is 20.5 Å². The lowest BCUT2D eigenvalue weighted by Gasteiger charge is -2.36. The number of ether oxygens (including phenoxy) is 1. The number of hydrogen-bond acceptors (Lipinski definition) is 4. The van der Waals surface area contributed by atoms with Crippen LogP contribution >= 0.6 is 0 Å². The molecule has 1 aliphatic heterocycles. The van der Waals surface area contributed by atoms with Crippen LogP contribution in [0.15, 0.2) is 30.3 Å². The summed E-state index contributed by atoms with van der Waals surface area (Å²) in [5.41, 5.74) is 0.403. The second kappa shape index (κ2) is 6.54. The molecule has 1 aromatic carbocycles. The van der Waals surface area contributed by atoms with Gasteiger partial charge in [0, 0.05) is 0 Å². The van der Waals surface area contributed by atoms with Gasteiger partial charge in [0.05, 0.1) is 12.1 Å². The maximum Gasteiger partial charge on any atom is 0.407 e. The summed E-state index contributed by atoms with van der Waals surface area (Å²) in [6, 6.07) is 9.52. The van der Waals surface area contributed by atoms with E-state index in [1.165, 1.54) is 0 Å². The number of carbonyl (C=O) groups is 1. The highest BCUT2D eigenvalue weighted by Gasteiger charge is 2.33. The van der Waals surface area contributed by atoms with Gasteiger partial charge in [-0.05, 0) is 31.5 Å². The molecule has 1 heterocycles. The van der Waals surface area contributed by atoms with E-state index in [1.807, 2.05) is 30.3 Å². The van der Waals surface area contributed by atoms with Crippen molar-refractivity contribution in [2.45, 2.75) is 25.0 Å². The Morgan fingerprint density at radius 1 is 1.32 bits per heavy atom. The maximum atomic E-state index is 11.8. The van der Waals surface area contributed by atoms with E-state index in [2.05, 4.69) is 10.6 Å². The van der Waals surface area contributed by atoms with E-state index in [0.717, 1.165) is 18.7 Å². The van der Waals surface area contributed by atoms with Gasteiger partial charge in [-0.15, -0.1) is 0 Å². The Hall–Kier alpha value is -1.59. The van der Waals surface area contributed by atoms with Crippen LogP contribution in [0.2, 0.25) is 0 Å². The zero-order valence-electron chi connectivity index (χ0n) is 10.9. The van der Waals surface area contributed by atoms with Crippen LogP contribution in [-0.4, -0.2) is 36.4 Å². The molecular formula is C14H20N2O3. The molecule has 5 heteroatoms. The molecule has 0 aliphatic carbocycles. The Morgan fingerprint density at radius 3 is 2.63 bits per heavy atom. The highest BCUT2D eigenvalue weighted by molar-refractivity contribution is 5.68. The number of nitrogens with one attached hydrogen (secondary N) is 2. The first-order valence-corrected chi connectivity index (χ1v) is 6.55. The van der Waals surface area contributed by atoms with Gasteiger partial charge in [-0.25, -0.2) is 4.79 Å². The van der Waals surface area contributed by atoms with Crippen molar-refractivity contribution in [3.63, 3.8) is 0 Å². The van der Waals surface area contributed by atoms with Gasteiger partial charge in [0.2, 0.25) is 0 Å². The van der Waals surface area contributed by atoms with Crippen LogP contribution in [-0.2, 0) is 11.3 Å². The predicted octanol–water partition coefficient (Wildman–Crippen LogP) is 1.03. The lowest BCUT2D eigenvalue weighted by molar-refractivity contribution is 0.0922. The molecule has 104 valence electrons. The largest absolute Gasteiger partial charge is 0.445 e. The fourth-order valence-electron chi connectivity index (χ4n) is 2.20. The Labute approximate surface area is 113 Å². The normalized spacial score (nSPS) is 17.7. The summed E-state index contributed by atoms with van der Waals surface area (Å²) in [6.45, 7) is 1.76. The summed E-state index contributed by atoms with van der Waals surface area (Å²) < 4.78 is 5.18. The molecule has 3 N–H and O–H groups in total. The number of rotatable bonds is 4. The Bertz CT molecular complexity index is 402. The van der Waals surface area contributed by atoms with Crippen molar-refractivity contribution in [2.24, 2.45) is 0 Å². The predicted molar refractivity (Wildman–Crippen MR) is 71.7 cm³/mol. The third-order valence-electron chi connectivity index (χ3n) is 3.44. The zero-order chi connectivity index (χ0) is 13.6. The highest BCUT2D eigenvalue weighted by Crippen LogP contribution is 2.17. The minimum atomic E-state index is -0.543. The number of amides is 1. The van der Waals surface area contributed by atoms with Crippen LogP contribution in [0.3, 0.4) is 0 Å². The van der Waals surface area contributed by atoms with Crippen molar-refractivity contribution in [1.29, 1.82) is 0 Å². The lowest BCUT2D eigenvalue weighted by Crippen LogP contribution is -2.56. The van der Waals surface area contributed by atoms with Crippen LogP contribution < -0.4 is 10.6 Å². The quantitative estimate of drug-likeness (QED) is 0.759. The number of aliphatic hydroxyl groups excluding tert-OH is 1. The molecule has 5 nitrogen and oxygen atoms in total. The van der Waals surface area contributed by atoms with E-state index < -0.39 is 11.6 Å². The summed E-state index contributed by atoms with van der Waals surface area (Å²) in [5, 5.41) is 15.5. The SMILES string of the molecule is O=C(NC1(CO)CCNCC1)OCc1ccccc1. The van der Waals surface area contributed by atoms with Crippen molar-refractivity contribution in [2.75, 3.05) is 19.7 Å². The van der Waals surface area contributed by atoms with E-state index in [4.69, 9.17) is 4.74 Å². The van der Waals surface area contributed by atoms with Crippen molar-refractivity contribution < 1.29 is 14.6 Å². The van der Waals surface area contributed by atoms with Gasteiger partial charge in [0.25, 0.3) is 0 Å². The van der Waals surface area contributed by atoms with E-state index in [-0.39, 0.29) is 13.2 Å². The minimum Gasteiger partial charge on any atom is -0.445 e. The molecule has 1 aromatic rings. The number of carbonyl (C=O) groups excluding carboxylic acids is 1. The molecule has 1 aliphatic rings. The van der Waals surface area contributed by atoms with Gasteiger partial charge in [-0.3, -0.25) is 0 Å². The minimum absolute atomic E-state index is 0.0604. The van der Waals surface area contributed by atoms with Crippen molar-refractivity contribution >= 4 is 6.09 Å². The number of aliphatic hydroxyl groups is 1. The molecular weight excluding hydrogens is 244 g/mol. The van der Waals surface area contributed by atoms with Crippen LogP contribution in [0, 0.1) is 0 Å². The summed E-state index contributed by atoms with van der Waals surface area (Å²) in [4.78, 5) is 11.8. The van der Waals surface area contributed by atoms with Crippen LogP contribution in [0.5, 0.6) is 0 Å². The smallest absolute Gasteiger partial charge is 0.407 e. The first kappa shape index (κ1) is 13.8. The fraction of sp³-hybridized carbons (Fsp3) is 0.500. The third-order valence-corrected chi connectivity index (χ3v) is 3.44. The van der Waals surface area contributed by atoms with Crippen LogP contribution in [0.4, 0.5) is 4.79 Å². The third kappa shape index (κ3) is 3.94. The van der Waals surface area contributed by atoms with Gasteiger partial charge in [0.1, 0.15) is 6.61 Å². The monoisotopic (exact) mass is 264 g/mol. The number of benzene rings is 1. The molecule has 1 fully saturated rings. The Balaban J connectivity index is 1.83. The fourth-order valence-corrected chi connectivity index (χ4v) is 2.20. The second-order valence-corrected chi connectivity index (χ2v) is 4.88. The number of piperidine rings is 1. The number of hydrogen-bond donors (Lipinski definition) is 3. The molecule has 1 amide bonds. The highest BCUT2D eigenvalue weighted by atomic mass is 16.5. The lowest BCUT2D eigenvalue weighted by atomic mass is 9.89. The van der Waals surface area contributed by atoms with Gasteiger partial charge in [-0.1, -0.05) is 30.3 Å². The summed E-state index contributed by atoms with van der Waals surface area (Å²) in [5.74, 6) is 0. The Morgan fingerprint density at radius 2 is 2.00 bits per heavy atom. The van der Waals surface area contributed by atoms with Gasteiger partial charge >= 0.3 is 6.09 Å². The molecule has 0 aromatic heterocycles. The molecule has 0 atom stereocenters. The zero-order valence-corrected chi connectivity index (χ0v) is 10.9. The van der Waals surface area contributed by atoms with Crippen LogP contribution in [0.1, 0.15) is 18.4 Å². The summed E-state index contributed by atoms with van der Waals surface area (Å²) in [6.07, 6.45) is 0.952. The van der Waals surface area contributed by atoms with Crippen LogP contribution in [0.25, 0.3) is 0 Å². The molecule has 0 radical (unpaired) electrons. The average molecular weight is 264 g/mol. The average Bonchev–Trinajstić information content (AvgIpc) is 2.47. The summed E-state index contributed by atoms with van der Waals surface area (Å²) in [7, 11) is 0. The maximum absolute atomic E-state index is 11.8. The molecule has 0 spiro atoms. The molecule has 1 saturated heterocycles. The van der Waals surface area contributed by atoms with Gasteiger partial charge in [-0.2, -0.15) is 0 Å². The molecule has 2 rings (SSSR count). The second-order valence-electron chi connectivity index (χ2n) is 4.88. The molecule has 0 saturated carbocycles. The van der Waals surface area contributed by atoms with E-state index >= 15 is 0 Å². The van der Waals surface area contributed by atoms with Crippen molar-refractivity contribution in [3.8, 4) is 0 Å². The number of alkyl carbamates (subject to hydrolysis) is 1. The van der Waals surface area contributed by atoms with Crippen molar-refractivity contribution in [1.82, 2.24) is 10.6 Å². The molecule has 19 heavy (non-hydrogen) atoms. The Kier molecular flexibility index (Phi) is 4.76. The first-order valence-electron chi connectivity index (χ1n) is 6.55. The van der Waals surface area contributed by atoms with E-state index in [1.54, 1.807) is 0 Å². The first-order chi connectivity index (χ1) is 9.24. The van der Waals surface area contributed by atoms with E-state index in [0.29, 0.717) is 12.8 Å². The molecule has 0 unspecified atom stereocenters. The summed E-state index contributed by atoms with van der Waals surface area (Å²) >= 11 is 0. The topological polar surface area (TPSA) is 70.6 Å². The standard InChI is InChI=1S/C14H20N2O3/c17-11-14(6-8-15-9-7-14)16-13(18)19-10-12-4-2-1-3-5-12/h1-5,15,17H,6-11H2,(H,16,18). The van der Waals surface area contributed by atoms with E-state index in [9.17, 15) is 9.90 Å². The molecule has 0 bridgehead atoms. The van der Waals surface area contributed by atoms with Gasteiger partial charge in [0.15, 0.2) is 0 Å². The van der Waals surface area contributed by atoms with Crippen molar-refractivity contribution in [3.05, 3.63) is 35.9 Å².